The Labute approximate surface area is 201 Å². The SMILES string of the molecule is Cc1ccc(F)cc1NC(=O)CSc1nccn1-c1ccc(C(=O)NCc2ccccc2)cc1. The van der Waals surface area contributed by atoms with E-state index in [4.69, 9.17) is 0 Å². The summed E-state index contributed by atoms with van der Waals surface area (Å²) < 4.78 is 15.3. The molecule has 0 spiro atoms. The molecule has 0 bridgehead atoms. The topological polar surface area (TPSA) is 76.0 Å². The van der Waals surface area contributed by atoms with Crippen molar-refractivity contribution in [2.45, 2.75) is 18.6 Å². The summed E-state index contributed by atoms with van der Waals surface area (Å²) in [5.74, 6) is -0.688. The van der Waals surface area contributed by atoms with Gasteiger partial charge in [0.05, 0.1) is 5.75 Å². The molecule has 1 aromatic heterocycles. The molecule has 172 valence electrons. The lowest BCUT2D eigenvalue weighted by atomic mass is 10.1. The molecule has 4 aromatic rings. The standard InChI is InChI=1S/C26H23FN4O2S/c1-18-7-10-21(27)15-23(18)30-24(32)17-34-26-28-13-14-31(26)22-11-8-20(9-12-22)25(33)29-16-19-5-3-2-4-6-19/h2-15H,16-17H2,1H3,(H,29,33)(H,30,32). The van der Waals surface area contributed by atoms with Gasteiger partial charge < -0.3 is 10.6 Å². The van der Waals surface area contributed by atoms with Crippen LogP contribution in [0.25, 0.3) is 5.69 Å². The van der Waals surface area contributed by atoms with Crippen molar-refractivity contribution in [2.24, 2.45) is 0 Å². The normalized spacial score (nSPS) is 10.6. The summed E-state index contributed by atoms with van der Waals surface area (Å²) in [5, 5.41) is 6.28. The van der Waals surface area contributed by atoms with Gasteiger partial charge in [-0.2, -0.15) is 0 Å². The summed E-state index contributed by atoms with van der Waals surface area (Å²) in [6.07, 6.45) is 3.44. The highest BCUT2D eigenvalue weighted by molar-refractivity contribution is 7.99. The van der Waals surface area contributed by atoms with Crippen LogP contribution in [0.1, 0.15) is 21.5 Å². The van der Waals surface area contributed by atoms with Crippen molar-refractivity contribution in [1.82, 2.24) is 14.9 Å². The summed E-state index contributed by atoms with van der Waals surface area (Å²) in [4.78, 5) is 29.2. The highest BCUT2D eigenvalue weighted by Crippen LogP contribution is 2.22. The lowest BCUT2D eigenvalue weighted by Gasteiger charge is -2.10. The van der Waals surface area contributed by atoms with Crippen molar-refractivity contribution >= 4 is 29.3 Å². The van der Waals surface area contributed by atoms with Gasteiger partial charge in [0.25, 0.3) is 5.91 Å². The first-order valence-corrected chi connectivity index (χ1v) is 11.6. The Morgan fingerprint density at radius 2 is 1.79 bits per heavy atom. The molecule has 0 atom stereocenters. The molecule has 0 radical (unpaired) electrons. The fourth-order valence-corrected chi connectivity index (χ4v) is 4.07. The number of aryl methyl sites for hydroxylation is 1. The van der Waals surface area contributed by atoms with Crippen LogP contribution in [-0.4, -0.2) is 27.1 Å². The first kappa shape index (κ1) is 23.3. The Morgan fingerprint density at radius 3 is 2.56 bits per heavy atom. The van der Waals surface area contributed by atoms with Gasteiger partial charge in [-0.1, -0.05) is 48.2 Å². The van der Waals surface area contributed by atoms with Gasteiger partial charge in [0.15, 0.2) is 5.16 Å². The molecule has 0 saturated carbocycles. The first-order valence-electron chi connectivity index (χ1n) is 10.6. The van der Waals surface area contributed by atoms with Gasteiger partial charge in [-0.3, -0.25) is 14.2 Å². The molecule has 0 aliphatic heterocycles. The predicted molar refractivity (Wildman–Crippen MR) is 132 cm³/mol. The quantitative estimate of drug-likeness (QED) is 0.353. The second-order valence-electron chi connectivity index (χ2n) is 7.59. The Morgan fingerprint density at radius 1 is 1.03 bits per heavy atom. The van der Waals surface area contributed by atoms with Crippen LogP contribution in [0, 0.1) is 12.7 Å². The van der Waals surface area contributed by atoms with Crippen LogP contribution in [0.5, 0.6) is 0 Å². The molecule has 0 fully saturated rings. The van der Waals surface area contributed by atoms with E-state index >= 15 is 0 Å². The molecule has 2 N–H and O–H groups in total. The third-order valence-corrected chi connectivity index (χ3v) is 6.08. The third-order valence-electron chi connectivity index (χ3n) is 5.12. The molecule has 0 saturated heterocycles. The lowest BCUT2D eigenvalue weighted by molar-refractivity contribution is -0.113. The Bertz CT molecular complexity index is 1290. The van der Waals surface area contributed by atoms with Crippen molar-refractivity contribution < 1.29 is 14.0 Å². The highest BCUT2D eigenvalue weighted by atomic mass is 32.2. The average molecular weight is 475 g/mol. The summed E-state index contributed by atoms with van der Waals surface area (Å²) in [5.41, 5.74) is 3.65. The van der Waals surface area contributed by atoms with E-state index in [1.54, 1.807) is 37.5 Å². The molecule has 0 aliphatic carbocycles. The summed E-state index contributed by atoms with van der Waals surface area (Å²) in [7, 11) is 0. The molecule has 0 unspecified atom stereocenters. The zero-order chi connectivity index (χ0) is 23.9. The van der Waals surface area contributed by atoms with E-state index in [1.807, 2.05) is 47.0 Å². The molecule has 8 heteroatoms. The number of amides is 2. The molecular weight excluding hydrogens is 451 g/mol. The van der Waals surface area contributed by atoms with E-state index in [9.17, 15) is 14.0 Å². The van der Waals surface area contributed by atoms with E-state index < -0.39 is 5.82 Å². The second-order valence-corrected chi connectivity index (χ2v) is 8.53. The van der Waals surface area contributed by atoms with Crippen LogP contribution in [0.4, 0.5) is 10.1 Å². The van der Waals surface area contributed by atoms with Crippen LogP contribution in [0.2, 0.25) is 0 Å². The number of carbonyl (C=O) groups excluding carboxylic acids is 2. The number of halogens is 1. The maximum Gasteiger partial charge on any atom is 0.251 e. The van der Waals surface area contributed by atoms with Gasteiger partial charge in [0, 0.05) is 35.9 Å². The minimum absolute atomic E-state index is 0.118. The van der Waals surface area contributed by atoms with Crippen molar-refractivity contribution in [2.75, 3.05) is 11.1 Å². The van der Waals surface area contributed by atoms with Gasteiger partial charge >= 0.3 is 0 Å². The lowest BCUT2D eigenvalue weighted by Crippen LogP contribution is -2.22. The van der Waals surface area contributed by atoms with Crippen LogP contribution in [0.15, 0.2) is 90.3 Å². The van der Waals surface area contributed by atoms with Crippen LogP contribution in [-0.2, 0) is 11.3 Å². The van der Waals surface area contributed by atoms with Gasteiger partial charge in [-0.05, 0) is 54.4 Å². The Hall–Kier alpha value is -3.91. The van der Waals surface area contributed by atoms with E-state index in [1.165, 1.54) is 23.9 Å². The largest absolute Gasteiger partial charge is 0.348 e. The van der Waals surface area contributed by atoms with Gasteiger partial charge in [-0.15, -0.1) is 0 Å². The third kappa shape index (κ3) is 5.90. The molecule has 2 amide bonds. The number of thioether (sulfide) groups is 1. The average Bonchev–Trinajstić information content (AvgIpc) is 3.33. The molecule has 4 rings (SSSR count). The number of anilines is 1. The first-order chi connectivity index (χ1) is 16.5. The number of imidazole rings is 1. The van der Waals surface area contributed by atoms with Crippen molar-refractivity contribution in [3.05, 3.63) is 108 Å². The van der Waals surface area contributed by atoms with Crippen LogP contribution < -0.4 is 10.6 Å². The number of nitrogens with zero attached hydrogens (tertiary/aromatic N) is 2. The highest BCUT2D eigenvalue weighted by Gasteiger charge is 2.12. The van der Waals surface area contributed by atoms with Crippen molar-refractivity contribution in [1.29, 1.82) is 0 Å². The summed E-state index contributed by atoms with van der Waals surface area (Å²) >= 11 is 1.27. The number of benzene rings is 3. The molecule has 0 aliphatic rings. The molecule has 6 nitrogen and oxygen atoms in total. The number of hydrogen-bond donors (Lipinski definition) is 2. The van der Waals surface area contributed by atoms with E-state index in [0.717, 1.165) is 16.8 Å². The van der Waals surface area contributed by atoms with Crippen LogP contribution >= 0.6 is 11.8 Å². The number of carbonyl (C=O) groups is 2. The predicted octanol–water partition coefficient (Wildman–Crippen LogP) is 4.98. The van der Waals surface area contributed by atoms with Gasteiger partial charge in [-0.25, -0.2) is 9.37 Å². The minimum Gasteiger partial charge on any atom is -0.348 e. The fraction of sp³-hybridized carbons (Fsp3) is 0.115. The number of rotatable bonds is 8. The number of hydrogen-bond acceptors (Lipinski definition) is 4. The zero-order valence-corrected chi connectivity index (χ0v) is 19.3. The number of nitrogens with one attached hydrogen (secondary N) is 2. The minimum atomic E-state index is -0.402. The second kappa shape index (κ2) is 10.8. The monoisotopic (exact) mass is 474 g/mol. The Kier molecular flexibility index (Phi) is 7.39. The van der Waals surface area contributed by atoms with Gasteiger partial charge in [0.2, 0.25) is 5.91 Å². The number of aromatic nitrogens is 2. The summed E-state index contributed by atoms with van der Waals surface area (Å²) in [6, 6.07) is 21.2. The van der Waals surface area contributed by atoms with Gasteiger partial charge in [0.1, 0.15) is 5.82 Å². The van der Waals surface area contributed by atoms with E-state index in [0.29, 0.717) is 23.0 Å². The zero-order valence-electron chi connectivity index (χ0n) is 18.5. The molecular formula is C26H23FN4O2S. The summed E-state index contributed by atoms with van der Waals surface area (Å²) in [6.45, 7) is 2.27. The fourth-order valence-electron chi connectivity index (χ4n) is 3.29. The van der Waals surface area contributed by atoms with E-state index in [2.05, 4.69) is 15.6 Å². The van der Waals surface area contributed by atoms with Crippen molar-refractivity contribution in [3.63, 3.8) is 0 Å². The maximum atomic E-state index is 13.5. The molecule has 3 aromatic carbocycles. The van der Waals surface area contributed by atoms with E-state index in [-0.39, 0.29) is 17.6 Å². The molecule has 1 heterocycles. The van der Waals surface area contributed by atoms with Crippen molar-refractivity contribution in [3.8, 4) is 5.69 Å². The van der Waals surface area contributed by atoms with Crippen LogP contribution in [0.3, 0.4) is 0 Å². The Balaban J connectivity index is 1.35. The maximum absolute atomic E-state index is 13.5. The molecule has 34 heavy (non-hydrogen) atoms. The smallest absolute Gasteiger partial charge is 0.251 e.